The van der Waals surface area contributed by atoms with Crippen molar-refractivity contribution in [2.75, 3.05) is 13.2 Å². The Hall–Kier alpha value is -1.86. The van der Waals surface area contributed by atoms with Crippen LogP contribution in [0, 0.1) is 11.8 Å². The third kappa shape index (κ3) is 4.27. The molecule has 140 valence electrons. The van der Waals surface area contributed by atoms with E-state index in [-0.39, 0.29) is 6.04 Å². The molecule has 1 saturated carbocycles. The molecule has 0 aromatic carbocycles. The van der Waals surface area contributed by atoms with Crippen LogP contribution in [0.15, 0.2) is 24.4 Å². The van der Waals surface area contributed by atoms with E-state index >= 15 is 0 Å². The second-order valence-corrected chi connectivity index (χ2v) is 7.49. The Morgan fingerprint density at radius 1 is 1.15 bits per heavy atom. The van der Waals surface area contributed by atoms with Gasteiger partial charge in [0.15, 0.2) is 5.82 Å². The lowest BCUT2D eigenvalue weighted by atomic mass is 9.95. The Labute approximate surface area is 154 Å². The monoisotopic (exact) mass is 356 g/mol. The van der Waals surface area contributed by atoms with Crippen LogP contribution in [0.2, 0.25) is 0 Å². The summed E-state index contributed by atoms with van der Waals surface area (Å²) < 4.78 is 7.42. The molecule has 7 nitrogen and oxygen atoms in total. The summed E-state index contributed by atoms with van der Waals surface area (Å²) in [5.74, 6) is 2.16. The van der Waals surface area contributed by atoms with Crippen molar-refractivity contribution in [2.24, 2.45) is 11.8 Å². The van der Waals surface area contributed by atoms with E-state index < -0.39 is 0 Å². The SMILES string of the molecule is c1ccc(C(NCc2nnnn2CC2CCOCC2)C2CCCC2)nc1. The molecule has 3 heterocycles. The van der Waals surface area contributed by atoms with Crippen molar-refractivity contribution in [2.45, 2.75) is 57.7 Å². The topological polar surface area (TPSA) is 77.8 Å². The van der Waals surface area contributed by atoms with Gasteiger partial charge in [-0.25, -0.2) is 4.68 Å². The Bertz CT molecular complexity index is 664. The van der Waals surface area contributed by atoms with E-state index in [4.69, 9.17) is 4.74 Å². The second-order valence-electron chi connectivity index (χ2n) is 7.49. The van der Waals surface area contributed by atoms with Crippen LogP contribution in [-0.4, -0.2) is 38.4 Å². The first-order chi connectivity index (χ1) is 12.9. The van der Waals surface area contributed by atoms with E-state index in [0.29, 0.717) is 18.4 Å². The summed E-state index contributed by atoms with van der Waals surface area (Å²) in [7, 11) is 0. The predicted octanol–water partition coefficient (Wildman–Crippen LogP) is 2.52. The zero-order valence-electron chi connectivity index (χ0n) is 15.3. The van der Waals surface area contributed by atoms with Crippen LogP contribution >= 0.6 is 0 Å². The van der Waals surface area contributed by atoms with Crippen molar-refractivity contribution in [3.05, 3.63) is 35.9 Å². The molecule has 0 bridgehead atoms. The highest BCUT2D eigenvalue weighted by atomic mass is 16.5. The normalized spacial score (nSPS) is 20.5. The predicted molar refractivity (Wildman–Crippen MR) is 97.1 cm³/mol. The van der Waals surface area contributed by atoms with Crippen LogP contribution in [0.5, 0.6) is 0 Å². The van der Waals surface area contributed by atoms with Crippen molar-refractivity contribution < 1.29 is 4.74 Å². The molecule has 7 heteroatoms. The molecule has 2 aromatic heterocycles. The Morgan fingerprint density at radius 2 is 2.00 bits per heavy atom. The standard InChI is InChI=1S/C19H28N6O/c1-2-6-16(5-1)19(17-7-3-4-10-20-17)21-13-18-22-23-24-25(18)14-15-8-11-26-12-9-15/h3-4,7,10,15-16,19,21H,1-2,5-6,8-9,11-14H2. The van der Waals surface area contributed by atoms with Gasteiger partial charge in [-0.2, -0.15) is 0 Å². The molecule has 1 atom stereocenters. The highest BCUT2D eigenvalue weighted by molar-refractivity contribution is 5.10. The molecule has 0 spiro atoms. The van der Waals surface area contributed by atoms with Crippen molar-refractivity contribution in [1.82, 2.24) is 30.5 Å². The van der Waals surface area contributed by atoms with Crippen molar-refractivity contribution >= 4 is 0 Å². The molecule has 1 aliphatic carbocycles. The molecular formula is C19H28N6O. The number of pyridine rings is 1. The van der Waals surface area contributed by atoms with Crippen LogP contribution in [0.4, 0.5) is 0 Å². The summed E-state index contributed by atoms with van der Waals surface area (Å²) in [6.07, 6.45) is 9.22. The molecule has 26 heavy (non-hydrogen) atoms. The van der Waals surface area contributed by atoms with Crippen LogP contribution in [-0.2, 0) is 17.8 Å². The molecule has 1 N–H and O–H groups in total. The van der Waals surface area contributed by atoms with Crippen LogP contribution < -0.4 is 5.32 Å². The molecule has 0 amide bonds. The minimum atomic E-state index is 0.270. The Balaban J connectivity index is 1.42. The summed E-state index contributed by atoms with van der Waals surface area (Å²) in [6, 6.07) is 6.44. The third-order valence-electron chi connectivity index (χ3n) is 5.74. The minimum Gasteiger partial charge on any atom is -0.381 e. The maximum atomic E-state index is 5.45. The van der Waals surface area contributed by atoms with Gasteiger partial charge in [0.25, 0.3) is 0 Å². The van der Waals surface area contributed by atoms with Gasteiger partial charge in [-0.05, 0) is 60.1 Å². The fourth-order valence-corrected chi connectivity index (χ4v) is 4.23. The first-order valence-electron chi connectivity index (χ1n) is 9.87. The fourth-order valence-electron chi connectivity index (χ4n) is 4.23. The first kappa shape index (κ1) is 17.5. The van der Waals surface area contributed by atoms with Crippen LogP contribution in [0.25, 0.3) is 0 Å². The summed E-state index contributed by atoms with van der Waals surface area (Å²) in [5, 5.41) is 16.1. The van der Waals surface area contributed by atoms with Gasteiger partial charge in [-0.3, -0.25) is 4.98 Å². The zero-order valence-corrected chi connectivity index (χ0v) is 15.3. The van der Waals surface area contributed by atoms with Gasteiger partial charge < -0.3 is 10.1 Å². The number of hydrogen-bond donors (Lipinski definition) is 1. The minimum absolute atomic E-state index is 0.270. The first-order valence-corrected chi connectivity index (χ1v) is 9.87. The fraction of sp³-hybridized carbons (Fsp3) is 0.684. The molecule has 4 rings (SSSR count). The number of aromatic nitrogens is 5. The smallest absolute Gasteiger partial charge is 0.165 e. The molecule has 0 radical (unpaired) electrons. The van der Waals surface area contributed by atoms with Gasteiger partial charge in [0.2, 0.25) is 0 Å². The van der Waals surface area contributed by atoms with E-state index in [1.54, 1.807) is 0 Å². The van der Waals surface area contributed by atoms with Gasteiger partial charge in [0, 0.05) is 26.0 Å². The molecule has 2 aromatic rings. The molecule has 1 unspecified atom stereocenters. The molecule has 1 saturated heterocycles. The van der Waals surface area contributed by atoms with Crippen molar-refractivity contribution in [1.29, 1.82) is 0 Å². The van der Waals surface area contributed by atoms with E-state index in [1.807, 2.05) is 16.9 Å². The van der Waals surface area contributed by atoms with Crippen molar-refractivity contribution in [3.63, 3.8) is 0 Å². The van der Waals surface area contributed by atoms with E-state index in [2.05, 4.69) is 38.0 Å². The second kappa shape index (κ2) is 8.68. The average Bonchev–Trinajstić information content (AvgIpc) is 3.37. The zero-order chi connectivity index (χ0) is 17.6. The third-order valence-corrected chi connectivity index (χ3v) is 5.74. The van der Waals surface area contributed by atoms with Gasteiger partial charge in [0.05, 0.1) is 18.3 Å². The highest BCUT2D eigenvalue weighted by Crippen LogP contribution is 2.35. The molecule has 2 fully saturated rings. The average molecular weight is 356 g/mol. The quantitative estimate of drug-likeness (QED) is 0.821. The van der Waals surface area contributed by atoms with Crippen molar-refractivity contribution in [3.8, 4) is 0 Å². The summed E-state index contributed by atoms with van der Waals surface area (Å²) in [4.78, 5) is 4.60. The number of ether oxygens (including phenoxy) is 1. The number of hydrogen-bond acceptors (Lipinski definition) is 6. The van der Waals surface area contributed by atoms with Gasteiger partial charge in [-0.15, -0.1) is 5.10 Å². The molecular weight excluding hydrogens is 328 g/mol. The summed E-state index contributed by atoms with van der Waals surface area (Å²) >= 11 is 0. The number of tetrazole rings is 1. The molecule has 2 aliphatic rings. The Morgan fingerprint density at radius 3 is 2.77 bits per heavy atom. The lowest BCUT2D eigenvalue weighted by molar-refractivity contribution is 0.0596. The van der Waals surface area contributed by atoms with Crippen LogP contribution in [0.3, 0.4) is 0 Å². The number of rotatable bonds is 7. The van der Waals surface area contributed by atoms with Crippen LogP contribution in [0.1, 0.15) is 56.1 Å². The van der Waals surface area contributed by atoms with Gasteiger partial charge in [-0.1, -0.05) is 18.9 Å². The van der Waals surface area contributed by atoms with E-state index in [9.17, 15) is 0 Å². The number of nitrogens with zero attached hydrogens (tertiary/aromatic N) is 5. The Kier molecular flexibility index (Phi) is 5.86. The highest BCUT2D eigenvalue weighted by Gasteiger charge is 2.27. The lowest BCUT2D eigenvalue weighted by Gasteiger charge is -2.25. The summed E-state index contributed by atoms with van der Waals surface area (Å²) in [5.41, 5.74) is 1.13. The van der Waals surface area contributed by atoms with E-state index in [0.717, 1.165) is 44.1 Å². The number of nitrogens with one attached hydrogen (secondary N) is 1. The summed E-state index contributed by atoms with van der Waals surface area (Å²) in [6.45, 7) is 3.26. The molecule has 1 aliphatic heterocycles. The maximum Gasteiger partial charge on any atom is 0.165 e. The van der Waals surface area contributed by atoms with E-state index in [1.165, 1.54) is 25.7 Å². The largest absolute Gasteiger partial charge is 0.381 e. The van der Waals surface area contributed by atoms with Gasteiger partial charge in [0.1, 0.15) is 0 Å². The lowest BCUT2D eigenvalue weighted by Crippen LogP contribution is -2.29. The maximum absolute atomic E-state index is 5.45. The van der Waals surface area contributed by atoms with Gasteiger partial charge >= 0.3 is 0 Å².